The molecule has 1 aromatic carbocycles. The number of amides is 1. The lowest BCUT2D eigenvalue weighted by molar-refractivity contribution is -0.360. The molecule has 6 N–H and O–H groups in total. The SMILES string of the molecule is NC(=O)c1c[nH+]c(NC(C2CC2)C(F)(F)F)c2c1[nH]c1cc(-c3cn[nH]c3)ccc12. The number of nitrogens with two attached hydrogens (primary N) is 1. The summed E-state index contributed by atoms with van der Waals surface area (Å²) in [5.74, 6) is -0.937. The summed E-state index contributed by atoms with van der Waals surface area (Å²) in [7, 11) is 0. The van der Waals surface area contributed by atoms with Gasteiger partial charge in [0.15, 0.2) is 6.04 Å². The molecule has 1 aliphatic rings. The minimum Gasteiger partial charge on any atom is -0.365 e. The number of alkyl halides is 3. The van der Waals surface area contributed by atoms with Crippen molar-refractivity contribution in [1.29, 1.82) is 0 Å². The van der Waals surface area contributed by atoms with E-state index in [0.29, 0.717) is 34.6 Å². The van der Waals surface area contributed by atoms with E-state index in [9.17, 15) is 18.0 Å². The van der Waals surface area contributed by atoms with Gasteiger partial charge in [0.05, 0.1) is 17.1 Å². The van der Waals surface area contributed by atoms with Gasteiger partial charge in [0.25, 0.3) is 11.7 Å². The predicted octanol–water partition coefficient (Wildman–Crippen LogP) is 3.38. The van der Waals surface area contributed by atoms with Gasteiger partial charge in [-0.15, -0.1) is 0 Å². The van der Waals surface area contributed by atoms with Crippen LogP contribution in [-0.2, 0) is 0 Å². The molecular formula is C20H18F3N6O+. The molecule has 0 aliphatic heterocycles. The fraction of sp³-hybridized carbons (Fsp3) is 0.250. The molecule has 154 valence electrons. The van der Waals surface area contributed by atoms with Crippen LogP contribution in [0.4, 0.5) is 19.0 Å². The topological polar surface area (TPSA) is 114 Å². The Morgan fingerprint density at radius 1 is 1.30 bits per heavy atom. The number of carbonyl (C=O) groups is 1. The summed E-state index contributed by atoms with van der Waals surface area (Å²) in [6.45, 7) is 0. The fourth-order valence-electron chi connectivity index (χ4n) is 3.90. The highest BCUT2D eigenvalue weighted by Gasteiger charge is 2.52. The highest BCUT2D eigenvalue weighted by Crippen LogP contribution is 2.42. The van der Waals surface area contributed by atoms with E-state index in [1.165, 1.54) is 6.20 Å². The minimum atomic E-state index is -4.38. The molecule has 3 heterocycles. The maximum atomic E-state index is 13.6. The Hall–Kier alpha value is -3.56. The molecule has 10 heteroatoms. The van der Waals surface area contributed by atoms with Crippen LogP contribution in [0.1, 0.15) is 23.2 Å². The third-order valence-corrected chi connectivity index (χ3v) is 5.52. The van der Waals surface area contributed by atoms with Gasteiger partial charge in [-0.25, -0.2) is 4.98 Å². The smallest absolute Gasteiger partial charge is 0.365 e. The lowest BCUT2D eigenvalue weighted by Gasteiger charge is -2.17. The molecule has 5 rings (SSSR count). The first-order chi connectivity index (χ1) is 14.3. The van der Waals surface area contributed by atoms with E-state index in [0.717, 1.165) is 11.1 Å². The van der Waals surface area contributed by atoms with Gasteiger partial charge >= 0.3 is 6.18 Å². The average molecular weight is 415 g/mol. The standard InChI is InChI=1S/C20H17F3N6O/c21-20(22,23)17(9-1-2-9)29-19-15-12-4-3-10(11-6-26-27-7-11)5-14(12)28-16(15)13(8-25-19)18(24)30/h3-9,17,28H,1-2H2,(H2,24,30)(H,25,29)(H,26,27)/p+1. The number of rotatable bonds is 5. The molecule has 1 saturated carbocycles. The number of pyridine rings is 1. The van der Waals surface area contributed by atoms with Crippen LogP contribution >= 0.6 is 0 Å². The zero-order valence-electron chi connectivity index (χ0n) is 15.6. The summed E-state index contributed by atoms with van der Waals surface area (Å²) in [5, 5.41) is 10.5. The van der Waals surface area contributed by atoms with Crippen LogP contribution in [0, 0.1) is 5.92 Å². The van der Waals surface area contributed by atoms with Gasteiger partial charge < -0.3 is 10.7 Å². The van der Waals surface area contributed by atoms with Crippen molar-refractivity contribution in [3.63, 3.8) is 0 Å². The van der Waals surface area contributed by atoms with Crippen LogP contribution < -0.4 is 16.0 Å². The lowest BCUT2D eigenvalue weighted by Crippen LogP contribution is -2.40. The third-order valence-electron chi connectivity index (χ3n) is 5.52. The number of nitrogens with one attached hydrogen (secondary N) is 4. The predicted molar refractivity (Wildman–Crippen MR) is 105 cm³/mol. The summed E-state index contributed by atoms with van der Waals surface area (Å²) in [6.07, 6.45) is 1.42. The molecule has 0 bridgehead atoms. The third kappa shape index (κ3) is 3.04. The molecule has 3 aromatic heterocycles. The summed E-state index contributed by atoms with van der Waals surface area (Å²) < 4.78 is 40.8. The molecule has 0 spiro atoms. The number of nitrogens with zero attached hydrogens (tertiary/aromatic N) is 1. The number of halogens is 3. The maximum absolute atomic E-state index is 13.6. The molecule has 0 radical (unpaired) electrons. The van der Waals surface area contributed by atoms with Crippen molar-refractivity contribution in [3.05, 3.63) is 42.4 Å². The van der Waals surface area contributed by atoms with Crippen LogP contribution in [0.25, 0.3) is 32.9 Å². The van der Waals surface area contributed by atoms with E-state index < -0.39 is 24.0 Å². The second-order valence-electron chi connectivity index (χ2n) is 7.56. The first-order valence-corrected chi connectivity index (χ1v) is 9.45. The van der Waals surface area contributed by atoms with E-state index in [1.807, 2.05) is 12.1 Å². The molecule has 0 saturated heterocycles. The van der Waals surface area contributed by atoms with Gasteiger partial charge in [0.1, 0.15) is 11.8 Å². The number of carbonyl (C=O) groups excluding carboxylic acids is 1. The van der Waals surface area contributed by atoms with E-state index in [4.69, 9.17) is 5.73 Å². The second-order valence-corrected chi connectivity index (χ2v) is 7.56. The van der Waals surface area contributed by atoms with E-state index in [-0.39, 0.29) is 11.4 Å². The first kappa shape index (κ1) is 18.5. The Morgan fingerprint density at radius 3 is 2.73 bits per heavy atom. The Labute approximate surface area is 167 Å². The van der Waals surface area contributed by atoms with Crippen molar-refractivity contribution in [2.45, 2.75) is 25.1 Å². The Kier molecular flexibility index (Phi) is 3.99. The normalized spacial score (nSPS) is 15.6. The van der Waals surface area contributed by atoms with Crippen LogP contribution in [0.15, 0.2) is 36.8 Å². The number of primary amides is 1. The molecule has 1 atom stereocenters. The Bertz CT molecular complexity index is 1260. The van der Waals surface area contributed by atoms with E-state index >= 15 is 0 Å². The average Bonchev–Trinajstić information content (AvgIpc) is 3.22. The monoisotopic (exact) mass is 415 g/mol. The summed E-state index contributed by atoms with van der Waals surface area (Å²) in [4.78, 5) is 17.9. The molecule has 1 fully saturated rings. The molecule has 1 aliphatic carbocycles. The second kappa shape index (κ2) is 6.48. The first-order valence-electron chi connectivity index (χ1n) is 9.45. The highest BCUT2D eigenvalue weighted by molar-refractivity contribution is 6.17. The molecule has 1 unspecified atom stereocenters. The van der Waals surface area contributed by atoms with E-state index in [1.54, 1.807) is 18.5 Å². The lowest BCUT2D eigenvalue weighted by atomic mass is 10.1. The zero-order chi connectivity index (χ0) is 21.0. The number of benzene rings is 1. The van der Waals surface area contributed by atoms with Crippen molar-refractivity contribution in [2.75, 3.05) is 5.32 Å². The number of hydrogen-bond donors (Lipinski definition) is 4. The Balaban J connectivity index is 1.70. The molecular weight excluding hydrogens is 397 g/mol. The number of H-pyrrole nitrogens is 3. The number of aromatic amines is 3. The van der Waals surface area contributed by atoms with Crippen LogP contribution in [-0.4, -0.2) is 33.3 Å². The van der Waals surface area contributed by atoms with Gasteiger partial charge in [-0.05, 0) is 24.5 Å². The fourth-order valence-corrected chi connectivity index (χ4v) is 3.90. The van der Waals surface area contributed by atoms with Gasteiger partial charge in [0.2, 0.25) is 0 Å². The number of anilines is 1. The van der Waals surface area contributed by atoms with Crippen LogP contribution in [0.3, 0.4) is 0 Å². The van der Waals surface area contributed by atoms with Crippen molar-refractivity contribution < 1.29 is 22.9 Å². The summed E-state index contributed by atoms with van der Waals surface area (Å²) in [6, 6.07) is 3.85. The molecule has 7 nitrogen and oxygen atoms in total. The Morgan fingerprint density at radius 2 is 2.10 bits per heavy atom. The van der Waals surface area contributed by atoms with Gasteiger partial charge in [-0.2, -0.15) is 18.3 Å². The van der Waals surface area contributed by atoms with Gasteiger partial charge in [0, 0.05) is 28.6 Å². The van der Waals surface area contributed by atoms with Crippen molar-refractivity contribution in [2.24, 2.45) is 11.7 Å². The van der Waals surface area contributed by atoms with E-state index in [2.05, 4.69) is 25.5 Å². The van der Waals surface area contributed by atoms with Crippen molar-refractivity contribution in [3.8, 4) is 11.1 Å². The van der Waals surface area contributed by atoms with Crippen molar-refractivity contribution >= 4 is 33.5 Å². The molecule has 4 aromatic rings. The molecule has 30 heavy (non-hydrogen) atoms. The quantitative estimate of drug-likeness (QED) is 0.401. The highest BCUT2D eigenvalue weighted by atomic mass is 19.4. The van der Waals surface area contributed by atoms with Crippen LogP contribution in [0.2, 0.25) is 0 Å². The number of fused-ring (bicyclic) bond motifs is 3. The number of aromatic nitrogens is 4. The minimum absolute atomic E-state index is 0.173. The zero-order valence-corrected chi connectivity index (χ0v) is 15.6. The van der Waals surface area contributed by atoms with Gasteiger partial charge in [-0.3, -0.25) is 15.2 Å². The maximum Gasteiger partial charge on any atom is 0.428 e. The molecule has 1 amide bonds. The summed E-state index contributed by atoms with van der Waals surface area (Å²) >= 11 is 0. The largest absolute Gasteiger partial charge is 0.428 e. The van der Waals surface area contributed by atoms with Crippen molar-refractivity contribution in [1.82, 2.24) is 15.2 Å². The summed E-state index contributed by atoms with van der Waals surface area (Å²) in [5.41, 5.74) is 8.46. The van der Waals surface area contributed by atoms with Crippen LogP contribution in [0.5, 0.6) is 0 Å². The van der Waals surface area contributed by atoms with Gasteiger partial charge in [-0.1, -0.05) is 12.1 Å². The number of hydrogen-bond acceptors (Lipinski definition) is 3.